The summed E-state index contributed by atoms with van der Waals surface area (Å²) in [5.41, 5.74) is -0.652. The molecule has 0 saturated carbocycles. The van der Waals surface area contributed by atoms with Gasteiger partial charge in [0.05, 0.1) is 0 Å². The maximum absolute atomic E-state index is 12.7. The first-order valence-corrected chi connectivity index (χ1v) is 8.08. The van der Waals surface area contributed by atoms with Crippen LogP contribution in [0.5, 0.6) is 11.5 Å². The molecule has 1 aliphatic rings. The second kappa shape index (κ2) is 6.84. The summed E-state index contributed by atoms with van der Waals surface area (Å²) in [6.45, 7) is 2.60. The van der Waals surface area contributed by atoms with Crippen molar-refractivity contribution in [2.24, 2.45) is 0 Å². The number of amides is 1. The predicted octanol–water partition coefficient (Wildman–Crippen LogP) is 2.58. The van der Waals surface area contributed by atoms with Gasteiger partial charge in [-0.15, -0.1) is 0 Å². The SMILES string of the molecule is CC[C@](NC(=O)c1ccc2c(c1)OCCO2)(C(=O)O)c1ccccc1. The maximum Gasteiger partial charge on any atom is 0.334 e. The summed E-state index contributed by atoms with van der Waals surface area (Å²) in [6.07, 6.45) is 0.211. The molecule has 0 bridgehead atoms. The van der Waals surface area contributed by atoms with E-state index in [4.69, 9.17) is 9.47 Å². The molecule has 6 nitrogen and oxygen atoms in total. The molecule has 1 aliphatic heterocycles. The van der Waals surface area contributed by atoms with Crippen LogP contribution in [-0.4, -0.2) is 30.2 Å². The molecule has 0 aliphatic carbocycles. The fraction of sp³-hybridized carbons (Fsp3) is 0.263. The minimum atomic E-state index is -1.49. The molecule has 1 atom stereocenters. The van der Waals surface area contributed by atoms with Gasteiger partial charge in [-0.05, 0) is 30.2 Å². The van der Waals surface area contributed by atoms with Crippen molar-refractivity contribution >= 4 is 11.9 Å². The molecule has 0 unspecified atom stereocenters. The molecule has 0 fully saturated rings. The third kappa shape index (κ3) is 3.15. The summed E-state index contributed by atoms with van der Waals surface area (Å²) in [6, 6.07) is 13.5. The van der Waals surface area contributed by atoms with Gasteiger partial charge in [0.25, 0.3) is 5.91 Å². The van der Waals surface area contributed by atoms with Crippen molar-refractivity contribution in [1.29, 1.82) is 0 Å². The molecule has 0 radical (unpaired) electrons. The number of carboxylic acids is 1. The van der Waals surface area contributed by atoms with Gasteiger partial charge in [-0.1, -0.05) is 37.3 Å². The summed E-state index contributed by atoms with van der Waals surface area (Å²) in [4.78, 5) is 24.7. The van der Waals surface area contributed by atoms with Crippen LogP contribution in [0.15, 0.2) is 48.5 Å². The molecule has 130 valence electrons. The van der Waals surface area contributed by atoms with Gasteiger partial charge in [-0.2, -0.15) is 0 Å². The second-order valence-corrected chi connectivity index (χ2v) is 5.74. The lowest BCUT2D eigenvalue weighted by Gasteiger charge is -2.30. The first kappa shape index (κ1) is 16.8. The van der Waals surface area contributed by atoms with E-state index in [0.717, 1.165) is 0 Å². The molecule has 0 aromatic heterocycles. The zero-order valence-corrected chi connectivity index (χ0v) is 13.8. The summed E-state index contributed by atoms with van der Waals surface area (Å²) >= 11 is 0. The number of ether oxygens (including phenoxy) is 2. The van der Waals surface area contributed by atoms with Gasteiger partial charge < -0.3 is 19.9 Å². The van der Waals surface area contributed by atoms with Crippen molar-refractivity contribution in [3.63, 3.8) is 0 Å². The fourth-order valence-corrected chi connectivity index (χ4v) is 2.87. The molecule has 1 amide bonds. The topological polar surface area (TPSA) is 84.9 Å². The van der Waals surface area contributed by atoms with Crippen molar-refractivity contribution < 1.29 is 24.2 Å². The Morgan fingerprint density at radius 1 is 1.08 bits per heavy atom. The van der Waals surface area contributed by atoms with E-state index in [2.05, 4.69) is 5.32 Å². The average Bonchev–Trinajstić information content (AvgIpc) is 2.66. The van der Waals surface area contributed by atoms with Gasteiger partial charge >= 0.3 is 5.97 Å². The van der Waals surface area contributed by atoms with Crippen LogP contribution in [0.3, 0.4) is 0 Å². The molecule has 1 heterocycles. The molecule has 3 rings (SSSR count). The van der Waals surface area contributed by atoms with Crippen molar-refractivity contribution in [3.8, 4) is 11.5 Å². The van der Waals surface area contributed by atoms with Gasteiger partial charge in [0, 0.05) is 5.56 Å². The first-order chi connectivity index (χ1) is 12.1. The summed E-state index contributed by atoms with van der Waals surface area (Å²) < 4.78 is 10.9. The Kier molecular flexibility index (Phi) is 4.61. The highest BCUT2D eigenvalue weighted by molar-refractivity contribution is 5.98. The lowest BCUT2D eigenvalue weighted by atomic mass is 9.87. The monoisotopic (exact) mass is 341 g/mol. The van der Waals surface area contributed by atoms with Crippen molar-refractivity contribution in [1.82, 2.24) is 5.32 Å². The summed E-state index contributed by atoms with van der Waals surface area (Å²) in [5, 5.41) is 12.5. The lowest BCUT2D eigenvalue weighted by molar-refractivity contribution is -0.145. The van der Waals surface area contributed by atoms with Crippen LogP contribution in [0.1, 0.15) is 29.3 Å². The number of hydrogen-bond donors (Lipinski definition) is 2. The van der Waals surface area contributed by atoms with Crippen molar-refractivity contribution in [2.45, 2.75) is 18.9 Å². The minimum absolute atomic E-state index is 0.211. The first-order valence-electron chi connectivity index (χ1n) is 8.08. The molecule has 6 heteroatoms. The molecule has 0 saturated heterocycles. The Balaban J connectivity index is 1.92. The van der Waals surface area contributed by atoms with Crippen LogP contribution in [-0.2, 0) is 10.3 Å². The van der Waals surface area contributed by atoms with Crippen LogP contribution in [0, 0.1) is 0 Å². The molecule has 2 aromatic carbocycles. The number of carboxylic acid groups (broad SMARTS) is 1. The van der Waals surface area contributed by atoms with E-state index in [1.54, 1.807) is 55.5 Å². The van der Waals surface area contributed by atoms with Crippen LogP contribution in [0.2, 0.25) is 0 Å². The van der Waals surface area contributed by atoms with Gasteiger partial charge in [-0.3, -0.25) is 4.79 Å². The highest BCUT2D eigenvalue weighted by Gasteiger charge is 2.40. The van der Waals surface area contributed by atoms with Gasteiger partial charge in [-0.25, -0.2) is 4.79 Å². The third-order valence-electron chi connectivity index (χ3n) is 4.29. The van der Waals surface area contributed by atoms with Crippen LogP contribution in [0.4, 0.5) is 0 Å². The van der Waals surface area contributed by atoms with E-state index >= 15 is 0 Å². The van der Waals surface area contributed by atoms with Crippen LogP contribution >= 0.6 is 0 Å². The zero-order chi connectivity index (χ0) is 17.9. The Labute approximate surface area is 145 Å². The number of rotatable bonds is 5. The highest BCUT2D eigenvalue weighted by atomic mass is 16.6. The van der Waals surface area contributed by atoms with Crippen LogP contribution in [0.25, 0.3) is 0 Å². The minimum Gasteiger partial charge on any atom is -0.486 e. The van der Waals surface area contributed by atoms with E-state index in [1.807, 2.05) is 0 Å². The largest absolute Gasteiger partial charge is 0.486 e. The van der Waals surface area contributed by atoms with E-state index in [1.165, 1.54) is 0 Å². The second-order valence-electron chi connectivity index (χ2n) is 5.74. The Morgan fingerprint density at radius 3 is 2.40 bits per heavy atom. The molecular formula is C19H19NO5. The third-order valence-corrected chi connectivity index (χ3v) is 4.29. The number of fused-ring (bicyclic) bond motifs is 1. The van der Waals surface area contributed by atoms with Crippen molar-refractivity contribution in [3.05, 3.63) is 59.7 Å². The summed E-state index contributed by atoms with van der Waals surface area (Å²) in [7, 11) is 0. The van der Waals surface area contributed by atoms with E-state index < -0.39 is 17.4 Å². The van der Waals surface area contributed by atoms with Gasteiger partial charge in [0.1, 0.15) is 13.2 Å². The Morgan fingerprint density at radius 2 is 1.76 bits per heavy atom. The zero-order valence-electron chi connectivity index (χ0n) is 13.8. The standard InChI is InChI=1S/C19H19NO5/c1-2-19(18(22)23,14-6-4-3-5-7-14)20-17(21)13-8-9-15-16(12-13)25-11-10-24-15/h3-9,12H,2,10-11H2,1H3,(H,20,21)(H,22,23)/t19-/m1/s1. The normalized spacial score (nSPS) is 15.1. The molecule has 2 aromatic rings. The van der Waals surface area contributed by atoms with E-state index in [9.17, 15) is 14.7 Å². The van der Waals surface area contributed by atoms with E-state index in [-0.39, 0.29) is 6.42 Å². The molecule has 25 heavy (non-hydrogen) atoms. The number of carbonyl (C=O) groups is 2. The van der Waals surface area contributed by atoms with Gasteiger partial charge in [0.15, 0.2) is 17.0 Å². The van der Waals surface area contributed by atoms with Crippen LogP contribution < -0.4 is 14.8 Å². The Hall–Kier alpha value is -3.02. The van der Waals surface area contributed by atoms with Gasteiger partial charge in [0.2, 0.25) is 0 Å². The maximum atomic E-state index is 12.7. The predicted molar refractivity (Wildman–Crippen MR) is 90.9 cm³/mol. The number of aliphatic carboxylic acids is 1. The number of carbonyl (C=O) groups excluding carboxylic acids is 1. The molecular weight excluding hydrogens is 322 g/mol. The number of benzene rings is 2. The number of hydrogen-bond acceptors (Lipinski definition) is 4. The fourth-order valence-electron chi connectivity index (χ4n) is 2.87. The molecule has 0 spiro atoms. The average molecular weight is 341 g/mol. The number of nitrogens with one attached hydrogen (secondary N) is 1. The molecule has 2 N–H and O–H groups in total. The van der Waals surface area contributed by atoms with E-state index in [0.29, 0.717) is 35.8 Å². The highest BCUT2D eigenvalue weighted by Crippen LogP contribution is 2.32. The van der Waals surface area contributed by atoms with Crippen molar-refractivity contribution in [2.75, 3.05) is 13.2 Å². The quantitative estimate of drug-likeness (QED) is 0.873. The smallest absolute Gasteiger partial charge is 0.334 e. The lowest BCUT2D eigenvalue weighted by Crippen LogP contribution is -2.51. The summed E-state index contributed by atoms with van der Waals surface area (Å²) in [5.74, 6) is -0.529. The Bertz CT molecular complexity index is 790.